The van der Waals surface area contributed by atoms with Gasteiger partial charge in [-0.1, -0.05) is 65.2 Å². The average molecular weight is 567 g/mol. The molecule has 0 amide bonds. The van der Waals surface area contributed by atoms with Crippen LogP contribution in [0.25, 0.3) is 0 Å². The first kappa shape index (κ1) is 36.0. The number of piperidine rings is 2. The summed E-state index contributed by atoms with van der Waals surface area (Å²) in [6.07, 6.45) is 16.8. The highest BCUT2D eigenvalue weighted by Gasteiger charge is 2.52. The smallest absolute Gasteiger partial charge is 0.0685 e. The minimum atomic E-state index is -0.164. The SMILES string of the molecule is CCCCCON1C(C)(C)CC(CCCCCCC2CC(C)(C)N(OCCCCC)C(C)(C)C2N)C(N)C1(C)C. The van der Waals surface area contributed by atoms with Gasteiger partial charge >= 0.3 is 0 Å². The van der Waals surface area contributed by atoms with E-state index in [2.05, 4.69) is 79.4 Å². The molecule has 0 bridgehead atoms. The molecule has 238 valence electrons. The first-order valence-electron chi connectivity index (χ1n) is 17.0. The van der Waals surface area contributed by atoms with E-state index in [4.69, 9.17) is 21.1 Å². The summed E-state index contributed by atoms with van der Waals surface area (Å²) in [4.78, 5) is 12.7. The molecule has 4 N–H and O–H groups in total. The van der Waals surface area contributed by atoms with Gasteiger partial charge in [0, 0.05) is 23.2 Å². The van der Waals surface area contributed by atoms with E-state index in [0.29, 0.717) is 11.8 Å². The van der Waals surface area contributed by atoms with E-state index in [1.165, 1.54) is 64.2 Å². The Labute approximate surface area is 249 Å². The van der Waals surface area contributed by atoms with Crippen LogP contribution in [0.1, 0.15) is 159 Å². The van der Waals surface area contributed by atoms with Crippen LogP contribution in [0.2, 0.25) is 0 Å². The summed E-state index contributed by atoms with van der Waals surface area (Å²) < 4.78 is 0. The van der Waals surface area contributed by atoms with E-state index in [-0.39, 0.29) is 34.2 Å². The average Bonchev–Trinajstić information content (AvgIpc) is 2.86. The standard InChI is InChI=1S/C34H70N4O2/c1-11-13-19-23-39-37-31(3,4)25-27(29(35)33(37,7)8)21-17-15-16-18-22-28-26-32(5,6)38(34(9,10)30(28)36)40-24-20-14-12-2/h27-30H,11-26,35-36H2,1-10H3. The zero-order valence-electron chi connectivity index (χ0n) is 28.5. The molecule has 0 aliphatic carbocycles. The molecule has 4 unspecified atom stereocenters. The van der Waals surface area contributed by atoms with E-state index in [1.54, 1.807) is 0 Å². The number of unbranched alkanes of at least 4 members (excludes halogenated alkanes) is 7. The Morgan fingerprint density at radius 3 is 1.23 bits per heavy atom. The molecule has 2 saturated heterocycles. The summed E-state index contributed by atoms with van der Waals surface area (Å²) in [5, 5.41) is 4.48. The fourth-order valence-electron chi connectivity index (χ4n) is 8.12. The fraction of sp³-hybridized carbons (Fsp3) is 1.00. The van der Waals surface area contributed by atoms with Crippen molar-refractivity contribution in [2.75, 3.05) is 13.2 Å². The zero-order chi connectivity index (χ0) is 30.2. The second-order valence-electron chi connectivity index (χ2n) is 15.6. The third-order valence-corrected chi connectivity index (χ3v) is 10.2. The van der Waals surface area contributed by atoms with Crippen LogP contribution >= 0.6 is 0 Å². The van der Waals surface area contributed by atoms with Crippen LogP contribution in [0.4, 0.5) is 0 Å². The lowest BCUT2D eigenvalue weighted by molar-refractivity contribution is -0.293. The van der Waals surface area contributed by atoms with Crippen molar-refractivity contribution in [2.45, 2.75) is 193 Å². The number of hydrogen-bond donors (Lipinski definition) is 2. The van der Waals surface area contributed by atoms with E-state index in [0.717, 1.165) is 38.9 Å². The minimum absolute atomic E-state index is 0.000572. The Bertz CT molecular complexity index is 663. The van der Waals surface area contributed by atoms with Gasteiger partial charge in [-0.2, -0.15) is 10.1 Å². The molecule has 6 heteroatoms. The summed E-state index contributed by atoms with van der Waals surface area (Å²) in [6, 6.07) is 0.257. The van der Waals surface area contributed by atoms with Crippen molar-refractivity contribution in [3.63, 3.8) is 0 Å². The van der Waals surface area contributed by atoms with Crippen LogP contribution in [0.5, 0.6) is 0 Å². The fourth-order valence-corrected chi connectivity index (χ4v) is 8.12. The Balaban J connectivity index is 1.80. The monoisotopic (exact) mass is 567 g/mol. The molecule has 4 atom stereocenters. The molecule has 0 aromatic heterocycles. The van der Waals surface area contributed by atoms with Gasteiger partial charge in [0.05, 0.1) is 24.3 Å². The highest BCUT2D eigenvalue weighted by molar-refractivity contribution is 5.05. The third kappa shape index (κ3) is 9.13. The maximum atomic E-state index is 6.91. The first-order valence-corrected chi connectivity index (χ1v) is 17.0. The van der Waals surface area contributed by atoms with Crippen LogP contribution in [0, 0.1) is 11.8 Å². The topological polar surface area (TPSA) is 77.0 Å². The Kier molecular flexibility index (Phi) is 13.9. The summed E-state index contributed by atoms with van der Waals surface area (Å²) in [7, 11) is 0. The van der Waals surface area contributed by atoms with Crippen molar-refractivity contribution in [1.29, 1.82) is 0 Å². The molecule has 6 nitrogen and oxygen atoms in total. The summed E-state index contributed by atoms with van der Waals surface area (Å²) in [5.74, 6) is 1.08. The Morgan fingerprint density at radius 2 is 0.900 bits per heavy atom. The van der Waals surface area contributed by atoms with Crippen molar-refractivity contribution in [3.8, 4) is 0 Å². The van der Waals surface area contributed by atoms with Crippen molar-refractivity contribution in [2.24, 2.45) is 23.3 Å². The molecule has 0 spiro atoms. The predicted octanol–water partition coefficient (Wildman–Crippen LogP) is 7.98. The predicted molar refractivity (Wildman–Crippen MR) is 171 cm³/mol. The number of rotatable bonds is 17. The van der Waals surface area contributed by atoms with Gasteiger partial charge in [-0.3, -0.25) is 9.68 Å². The highest BCUT2D eigenvalue weighted by Crippen LogP contribution is 2.44. The largest absolute Gasteiger partial charge is 0.326 e. The second-order valence-corrected chi connectivity index (χ2v) is 15.6. The Hall–Kier alpha value is -0.240. The first-order chi connectivity index (χ1) is 18.6. The molecule has 2 rings (SSSR count). The van der Waals surface area contributed by atoms with Gasteiger partial charge in [0.2, 0.25) is 0 Å². The highest BCUT2D eigenvalue weighted by atomic mass is 16.7. The van der Waals surface area contributed by atoms with Gasteiger partial charge in [0.1, 0.15) is 0 Å². The van der Waals surface area contributed by atoms with E-state index < -0.39 is 0 Å². The number of nitrogens with two attached hydrogens (primary N) is 2. The van der Waals surface area contributed by atoms with Gasteiger partial charge < -0.3 is 11.5 Å². The lowest BCUT2D eigenvalue weighted by Crippen LogP contribution is -2.69. The van der Waals surface area contributed by atoms with Crippen LogP contribution in [-0.2, 0) is 9.68 Å². The quantitative estimate of drug-likeness (QED) is 0.174. The van der Waals surface area contributed by atoms with Crippen molar-refractivity contribution in [3.05, 3.63) is 0 Å². The minimum Gasteiger partial charge on any atom is -0.326 e. The maximum Gasteiger partial charge on any atom is 0.0685 e. The molecule has 0 aromatic rings. The molecule has 0 radical (unpaired) electrons. The molecular weight excluding hydrogens is 496 g/mol. The van der Waals surface area contributed by atoms with Crippen molar-refractivity contribution < 1.29 is 9.68 Å². The van der Waals surface area contributed by atoms with E-state index in [9.17, 15) is 0 Å². The van der Waals surface area contributed by atoms with Crippen molar-refractivity contribution in [1.82, 2.24) is 10.1 Å². The van der Waals surface area contributed by atoms with Gasteiger partial charge in [0.25, 0.3) is 0 Å². The second kappa shape index (κ2) is 15.5. The van der Waals surface area contributed by atoms with Gasteiger partial charge in [0.15, 0.2) is 0 Å². The van der Waals surface area contributed by atoms with Crippen LogP contribution in [0.15, 0.2) is 0 Å². The molecule has 2 aliphatic rings. The summed E-state index contributed by atoms with van der Waals surface area (Å²) in [5.41, 5.74) is 13.5. The third-order valence-electron chi connectivity index (χ3n) is 10.2. The number of hydroxylamine groups is 4. The van der Waals surface area contributed by atoms with E-state index in [1.807, 2.05) is 0 Å². The van der Waals surface area contributed by atoms with Gasteiger partial charge in [-0.15, -0.1) is 0 Å². The number of hydrogen-bond acceptors (Lipinski definition) is 6. The number of nitrogens with zero attached hydrogens (tertiary/aromatic N) is 2. The normalized spacial score (nSPS) is 30.0. The lowest BCUT2D eigenvalue weighted by atomic mass is 9.70. The molecule has 2 aliphatic heterocycles. The van der Waals surface area contributed by atoms with Gasteiger partial charge in [-0.05, 0) is 106 Å². The van der Waals surface area contributed by atoms with Crippen LogP contribution < -0.4 is 11.5 Å². The Morgan fingerprint density at radius 1 is 0.550 bits per heavy atom. The summed E-state index contributed by atoms with van der Waals surface area (Å²) in [6.45, 7) is 24.5. The molecular formula is C34H70N4O2. The molecule has 2 heterocycles. The van der Waals surface area contributed by atoms with Gasteiger partial charge in [-0.25, -0.2) is 0 Å². The maximum absolute atomic E-state index is 6.91. The van der Waals surface area contributed by atoms with E-state index >= 15 is 0 Å². The molecule has 2 fully saturated rings. The van der Waals surface area contributed by atoms with Crippen molar-refractivity contribution >= 4 is 0 Å². The molecule has 40 heavy (non-hydrogen) atoms. The summed E-state index contributed by atoms with van der Waals surface area (Å²) >= 11 is 0. The molecule has 0 saturated carbocycles. The lowest BCUT2D eigenvalue weighted by Gasteiger charge is -2.57. The molecule has 0 aromatic carbocycles. The van der Waals surface area contributed by atoms with Crippen LogP contribution in [-0.4, -0.2) is 57.6 Å². The van der Waals surface area contributed by atoms with Crippen LogP contribution in [0.3, 0.4) is 0 Å². The zero-order valence-corrected chi connectivity index (χ0v) is 28.5.